The number of nitrogens with zero attached hydrogens (tertiary/aromatic N) is 2. The Morgan fingerprint density at radius 1 is 1.31 bits per heavy atom. The van der Waals surface area contributed by atoms with Gasteiger partial charge < -0.3 is 15.2 Å². The molecule has 6 heteroatoms. The van der Waals surface area contributed by atoms with Crippen LogP contribution < -0.4 is 5.73 Å². The van der Waals surface area contributed by atoms with Crippen molar-refractivity contribution in [1.29, 1.82) is 0 Å². The van der Waals surface area contributed by atoms with E-state index in [0.717, 1.165) is 47.9 Å². The van der Waals surface area contributed by atoms with Crippen molar-refractivity contribution in [2.75, 3.05) is 13.7 Å². The van der Waals surface area contributed by atoms with Gasteiger partial charge in [-0.2, -0.15) is 0 Å². The molecule has 1 saturated carbocycles. The van der Waals surface area contributed by atoms with Crippen LogP contribution in [0.4, 0.5) is 0 Å². The molecule has 0 bridgehead atoms. The number of hydrogen-bond acceptors (Lipinski definition) is 5. The van der Waals surface area contributed by atoms with E-state index in [1.807, 2.05) is 18.2 Å². The first-order valence-electron chi connectivity index (χ1n) is 11.0. The minimum Gasteiger partial charge on any atom is -0.462 e. The average Bonchev–Trinajstić information content (AvgIpc) is 3.12. The second-order valence-corrected chi connectivity index (χ2v) is 9.02. The standard InChI is InChI=1S/C23H26ClN3O2/c1-14-9-22(6-5-20(14)28-2)10-16-4-3-15(17-7-18(24)12-26-11-17)8-19(16)23(22)13-29-21(25)27-23/h3-4,7-8,11-12,14,20H,5-6,9-10,13H2,1-2H3,(H2,25,27)/t14-,20-,22-,23-/m0/s1/i13D2. The van der Waals surface area contributed by atoms with Crippen molar-refractivity contribution in [2.24, 2.45) is 22.1 Å². The van der Waals surface area contributed by atoms with Crippen LogP contribution in [0.3, 0.4) is 0 Å². The van der Waals surface area contributed by atoms with E-state index >= 15 is 0 Å². The molecule has 1 aliphatic heterocycles. The molecule has 29 heavy (non-hydrogen) atoms. The summed E-state index contributed by atoms with van der Waals surface area (Å²) in [7, 11) is 1.75. The Balaban J connectivity index is 1.70. The molecule has 5 rings (SSSR count). The lowest BCUT2D eigenvalue weighted by molar-refractivity contribution is -0.0445. The molecule has 4 atom stereocenters. The number of hydrogen-bond donors (Lipinski definition) is 1. The molecule has 1 fully saturated rings. The zero-order valence-corrected chi connectivity index (χ0v) is 17.4. The Morgan fingerprint density at radius 2 is 2.17 bits per heavy atom. The fourth-order valence-corrected chi connectivity index (χ4v) is 5.84. The first kappa shape index (κ1) is 16.7. The molecule has 152 valence electrons. The van der Waals surface area contributed by atoms with Gasteiger partial charge >= 0.3 is 0 Å². The minimum atomic E-state index is -2.05. The lowest BCUT2D eigenvalue weighted by atomic mass is 9.59. The Bertz CT molecular complexity index is 1080. The number of ether oxygens (including phenoxy) is 2. The number of amidine groups is 1. The molecule has 0 amide bonds. The molecule has 2 heterocycles. The van der Waals surface area contributed by atoms with E-state index in [0.29, 0.717) is 5.02 Å². The molecular weight excluding hydrogens is 386 g/mol. The Kier molecular flexibility index (Phi) is 3.86. The molecule has 0 saturated heterocycles. The molecule has 5 nitrogen and oxygen atoms in total. The van der Waals surface area contributed by atoms with Crippen LogP contribution in [-0.2, 0) is 21.4 Å². The maximum atomic E-state index is 8.91. The number of pyridine rings is 1. The van der Waals surface area contributed by atoms with Gasteiger partial charge in [-0.1, -0.05) is 30.7 Å². The second-order valence-electron chi connectivity index (χ2n) is 8.58. The maximum Gasteiger partial charge on any atom is 0.283 e. The summed E-state index contributed by atoms with van der Waals surface area (Å²) in [6, 6.07) is 7.91. The third-order valence-electron chi connectivity index (χ3n) is 6.97. The number of halogens is 1. The Hall–Kier alpha value is -2.11. The summed E-state index contributed by atoms with van der Waals surface area (Å²) in [4.78, 5) is 8.95. The van der Waals surface area contributed by atoms with Crippen molar-refractivity contribution in [3.8, 4) is 11.1 Å². The summed E-state index contributed by atoms with van der Waals surface area (Å²) in [5, 5.41) is 0.553. The molecule has 0 radical (unpaired) electrons. The van der Waals surface area contributed by atoms with Crippen molar-refractivity contribution in [1.82, 2.24) is 4.98 Å². The number of aliphatic imine (C=N–C) groups is 1. The van der Waals surface area contributed by atoms with Crippen molar-refractivity contribution < 1.29 is 12.2 Å². The lowest BCUT2D eigenvalue weighted by Gasteiger charge is -2.47. The van der Waals surface area contributed by atoms with Gasteiger partial charge in [0.05, 0.1) is 13.9 Å². The van der Waals surface area contributed by atoms with Crippen LogP contribution in [0.15, 0.2) is 41.7 Å². The fraction of sp³-hybridized carbons (Fsp3) is 0.478. The molecule has 1 aromatic heterocycles. The highest BCUT2D eigenvalue weighted by Gasteiger charge is 2.62. The van der Waals surface area contributed by atoms with Crippen LogP contribution >= 0.6 is 11.6 Å². The second kappa shape index (κ2) is 6.71. The number of rotatable bonds is 2. The third kappa shape index (κ3) is 2.78. The highest BCUT2D eigenvalue weighted by atomic mass is 35.5. The van der Waals surface area contributed by atoms with E-state index in [2.05, 4.69) is 18.0 Å². The highest BCUT2D eigenvalue weighted by Crippen LogP contribution is 2.62. The number of aromatic nitrogens is 1. The van der Waals surface area contributed by atoms with Crippen LogP contribution in [0.5, 0.6) is 0 Å². The number of nitrogens with two attached hydrogens (primary N) is 1. The van der Waals surface area contributed by atoms with Crippen LogP contribution in [0.2, 0.25) is 5.02 Å². The Labute approximate surface area is 179 Å². The van der Waals surface area contributed by atoms with E-state index in [4.69, 9.17) is 34.5 Å². The van der Waals surface area contributed by atoms with Gasteiger partial charge in [-0.25, -0.2) is 4.99 Å². The normalized spacial score (nSPS) is 35.8. The molecule has 2 spiro atoms. The lowest BCUT2D eigenvalue weighted by Crippen LogP contribution is -2.48. The van der Waals surface area contributed by atoms with Crippen LogP contribution in [-0.4, -0.2) is 30.8 Å². The first-order chi connectivity index (χ1) is 14.7. The summed E-state index contributed by atoms with van der Waals surface area (Å²) in [5.74, 6) is 0.273. The number of fused-ring (bicyclic) bond motifs is 3. The predicted octanol–water partition coefficient (Wildman–Crippen LogP) is 4.32. The van der Waals surface area contributed by atoms with Gasteiger partial charge in [-0.05, 0) is 60.4 Å². The van der Waals surface area contributed by atoms with Crippen molar-refractivity contribution >= 4 is 17.6 Å². The van der Waals surface area contributed by atoms with Gasteiger partial charge in [0.15, 0.2) is 0 Å². The first-order valence-corrected chi connectivity index (χ1v) is 10.4. The van der Waals surface area contributed by atoms with E-state index in [9.17, 15) is 0 Å². The number of methoxy groups -OCH3 is 1. The quantitative estimate of drug-likeness (QED) is 0.795. The maximum absolute atomic E-state index is 8.91. The molecule has 2 aromatic rings. The average molecular weight is 414 g/mol. The number of benzene rings is 1. The van der Waals surface area contributed by atoms with Crippen molar-refractivity contribution in [3.05, 3.63) is 52.8 Å². The van der Waals surface area contributed by atoms with Crippen molar-refractivity contribution in [3.63, 3.8) is 0 Å². The van der Waals surface area contributed by atoms with E-state index in [1.54, 1.807) is 19.5 Å². The van der Waals surface area contributed by atoms with Gasteiger partial charge in [0.1, 0.15) is 12.1 Å². The highest BCUT2D eigenvalue weighted by molar-refractivity contribution is 6.30. The minimum absolute atomic E-state index is 0.0893. The van der Waals surface area contributed by atoms with Gasteiger partial charge in [-0.3, -0.25) is 4.98 Å². The van der Waals surface area contributed by atoms with Gasteiger partial charge in [0.2, 0.25) is 0 Å². The Morgan fingerprint density at radius 3 is 2.86 bits per heavy atom. The van der Waals surface area contributed by atoms with Crippen molar-refractivity contribution in [2.45, 2.75) is 44.2 Å². The summed E-state index contributed by atoms with van der Waals surface area (Å²) in [5.41, 5.74) is 8.10. The van der Waals surface area contributed by atoms with E-state index in [-0.39, 0.29) is 18.0 Å². The van der Waals surface area contributed by atoms with E-state index in [1.165, 1.54) is 0 Å². The molecule has 2 N–H and O–H groups in total. The summed E-state index contributed by atoms with van der Waals surface area (Å²) in [6.07, 6.45) is 6.68. The van der Waals surface area contributed by atoms with Crippen LogP contribution in [0, 0.1) is 11.3 Å². The predicted molar refractivity (Wildman–Crippen MR) is 114 cm³/mol. The summed E-state index contributed by atoms with van der Waals surface area (Å²) >= 11 is 6.16. The van der Waals surface area contributed by atoms with Gasteiger partial charge in [0.25, 0.3) is 6.02 Å². The zero-order chi connectivity index (χ0) is 22.0. The smallest absolute Gasteiger partial charge is 0.283 e. The summed E-state index contributed by atoms with van der Waals surface area (Å²) in [6.45, 7) is 0.125. The fourth-order valence-electron chi connectivity index (χ4n) is 5.67. The topological polar surface area (TPSA) is 69.7 Å². The zero-order valence-electron chi connectivity index (χ0n) is 18.6. The van der Waals surface area contributed by atoms with Gasteiger partial charge in [0, 0.05) is 30.5 Å². The molecule has 0 unspecified atom stereocenters. The monoisotopic (exact) mass is 413 g/mol. The van der Waals surface area contributed by atoms with Gasteiger partial charge in [-0.15, -0.1) is 0 Å². The molecule has 3 aliphatic rings. The van der Waals surface area contributed by atoms with Crippen LogP contribution in [0.25, 0.3) is 11.1 Å². The largest absolute Gasteiger partial charge is 0.462 e. The SMILES string of the molecule is [2H]C1([2H])OC(N)=N[C@]12c1cc(-c3cncc(Cl)c3)ccc1C[C@@]21CC[C@H](OC)[C@@H](C)C1. The molecule has 1 aromatic carbocycles. The molecular formula is C23H26ClN3O2. The summed E-state index contributed by atoms with van der Waals surface area (Å²) < 4.78 is 29.0. The van der Waals surface area contributed by atoms with Crippen LogP contribution in [0.1, 0.15) is 40.1 Å². The van der Waals surface area contributed by atoms with E-state index < -0.39 is 17.5 Å². The molecule has 2 aliphatic carbocycles. The third-order valence-corrected chi connectivity index (χ3v) is 7.18.